The van der Waals surface area contributed by atoms with Gasteiger partial charge in [0.05, 0.1) is 14.9 Å². The van der Waals surface area contributed by atoms with Gasteiger partial charge in [0.15, 0.2) is 0 Å². The molecule has 1 atom stereocenters. The molecule has 3 rings (SSSR count). The van der Waals surface area contributed by atoms with Crippen molar-refractivity contribution in [2.75, 3.05) is 30.8 Å². The van der Waals surface area contributed by atoms with Crippen LogP contribution < -0.4 is 10.2 Å². The zero-order chi connectivity index (χ0) is 23.7. The predicted molar refractivity (Wildman–Crippen MR) is 116 cm³/mol. The highest BCUT2D eigenvalue weighted by molar-refractivity contribution is 8.02. The summed E-state index contributed by atoms with van der Waals surface area (Å²) < 4.78 is 51.1. The van der Waals surface area contributed by atoms with Gasteiger partial charge in [0.25, 0.3) is 5.91 Å². The Kier molecular flexibility index (Phi) is 6.88. The van der Waals surface area contributed by atoms with Gasteiger partial charge in [-0.05, 0) is 18.6 Å². The van der Waals surface area contributed by atoms with E-state index in [0.29, 0.717) is 16.2 Å². The molecule has 0 spiro atoms. The van der Waals surface area contributed by atoms with Crippen molar-refractivity contribution < 1.29 is 22.2 Å². The number of halogens is 5. The highest BCUT2D eigenvalue weighted by atomic mass is 35.5. The van der Waals surface area contributed by atoms with E-state index in [1.54, 1.807) is 34.5 Å². The van der Waals surface area contributed by atoms with Crippen LogP contribution >= 0.6 is 23.2 Å². The second-order valence-corrected chi connectivity index (χ2v) is 10.4. The average Bonchev–Trinajstić information content (AvgIpc) is 3.24. The molecule has 1 aliphatic rings. The summed E-state index contributed by atoms with van der Waals surface area (Å²) in [4.78, 5) is 22.6. The largest absolute Gasteiger partial charge is 0.405 e. The minimum absolute atomic E-state index is 0.0152. The third kappa shape index (κ3) is 5.09. The van der Waals surface area contributed by atoms with Gasteiger partial charge in [-0.25, -0.2) is 9.97 Å². The van der Waals surface area contributed by atoms with E-state index in [-0.39, 0.29) is 40.3 Å². The zero-order valence-corrected chi connectivity index (χ0v) is 18.9. The lowest BCUT2D eigenvalue weighted by Crippen LogP contribution is -2.35. The third-order valence-electron chi connectivity index (χ3n) is 4.78. The van der Waals surface area contributed by atoms with Crippen LogP contribution in [0.2, 0.25) is 10.0 Å². The maximum atomic E-state index is 13.6. The summed E-state index contributed by atoms with van der Waals surface area (Å²) in [5.41, 5.74) is -0.224. The van der Waals surface area contributed by atoms with Gasteiger partial charge in [-0.1, -0.05) is 29.3 Å². The molecule has 1 N–H and O–H groups in total. The number of alkyl halides is 3. The van der Waals surface area contributed by atoms with Crippen molar-refractivity contribution in [3.8, 4) is 6.07 Å². The highest BCUT2D eigenvalue weighted by Gasteiger charge is 2.31. The van der Waals surface area contributed by atoms with Crippen LogP contribution in [0.4, 0.5) is 19.0 Å². The summed E-state index contributed by atoms with van der Waals surface area (Å²) in [6.45, 7) is -1.15. The van der Waals surface area contributed by atoms with E-state index in [2.05, 4.69) is 9.97 Å². The number of rotatable bonds is 4. The summed E-state index contributed by atoms with van der Waals surface area (Å²) in [6.07, 6.45) is -1.71. The first kappa shape index (κ1) is 24.1. The summed E-state index contributed by atoms with van der Waals surface area (Å²) >= 11 is 12.3. The second kappa shape index (κ2) is 9.13. The van der Waals surface area contributed by atoms with Gasteiger partial charge < -0.3 is 10.2 Å². The molecule has 7 nitrogen and oxygen atoms in total. The highest BCUT2D eigenvalue weighted by Crippen LogP contribution is 2.31. The molecule has 1 aromatic heterocycles. The van der Waals surface area contributed by atoms with Crippen molar-refractivity contribution >= 4 is 49.3 Å². The average molecular weight is 506 g/mol. The molecule has 1 aliphatic heterocycles. The van der Waals surface area contributed by atoms with Crippen molar-refractivity contribution in [2.45, 2.75) is 17.5 Å². The van der Waals surface area contributed by atoms with Crippen LogP contribution in [0.15, 0.2) is 29.3 Å². The number of carbonyl (C=O) groups is 1. The second-order valence-electron chi connectivity index (χ2n) is 6.95. The molecule has 0 radical (unpaired) electrons. The summed E-state index contributed by atoms with van der Waals surface area (Å²) in [6, 6.07) is 6.56. The maximum absolute atomic E-state index is 13.6. The van der Waals surface area contributed by atoms with E-state index in [1.807, 2.05) is 0 Å². The standard InChI is InChI=1S/C19H16Cl2F3N5O2S/c1-32(31,14-4-2-3-13(20)16(14)21)11-5-6-29(9-11)17-12(8-26-15(7-25)28-17)18(30)27-10-19(22,23)24/h2-4,8H,5-6,9-10H2,1H3,(H,27,30). The molecule has 2 aromatic rings. The minimum Gasteiger partial charge on any atom is -0.351 e. The van der Waals surface area contributed by atoms with Crippen LogP contribution in [-0.2, 0) is 9.52 Å². The third-order valence-corrected chi connectivity index (χ3v) is 8.32. The number of hydrogen-bond donors (Lipinski definition) is 1. The number of anilines is 1. The molecule has 170 valence electrons. The van der Waals surface area contributed by atoms with Crippen LogP contribution in [0.5, 0.6) is 0 Å². The fourth-order valence-electron chi connectivity index (χ4n) is 3.17. The molecule has 32 heavy (non-hydrogen) atoms. The molecule has 0 aliphatic carbocycles. The number of carbonyl (C=O) groups excluding carboxylic acids is 1. The number of benzene rings is 1. The van der Waals surface area contributed by atoms with Crippen LogP contribution in [0.1, 0.15) is 22.6 Å². The predicted octanol–water partition coefficient (Wildman–Crippen LogP) is 3.30. The maximum Gasteiger partial charge on any atom is 0.405 e. The Morgan fingerprint density at radius 2 is 2.09 bits per heavy atom. The summed E-state index contributed by atoms with van der Waals surface area (Å²) in [5, 5.41) is 11.3. The molecule has 0 saturated carbocycles. The van der Waals surface area contributed by atoms with E-state index in [0.717, 1.165) is 6.20 Å². The molecule has 1 aromatic carbocycles. The quantitative estimate of drug-likeness (QED) is 0.640. The zero-order valence-electron chi connectivity index (χ0n) is 16.5. The lowest BCUT2D eigenvalue weighted by atomic mass is 10.2. The molecule has 0 bridgehead atoms. The van der Waals surface area contributed by atoms with E-state index in [9.17, 15) is 22.2 Å². The SMILES string of the molecule is CS(=O)(=C1CCN(c2nc(C#N)ncc2C(=O)NCC(F)(F)F)C1)c1cccc(Cl)c1Cl. The summed E-state index contributed by atoms with van der Waals surface area (Å²) in [7, 11) is -2.76. The summed E-state index contributed by atoms with van der Waals surface area (Å²) in [5.74, 6) is -1.31. The van der Waals surface area contributed by atoms with Gasteiger partial charge in [-0.2, -0.15) is 18.4 Å². The van der Waals surface area contributed by atoms with Crippen molar-refractivity contribution in [3.63, 3.8) is 0 Å². The van der Waals surface area contributed by atoms with E-state index < -0.39 is 28.1 Å². The first-order chi connectivity index (χ1) is 14.9. The Hall–Kier alpha value is -2.55. The minimum atomic E-state index is -4.60. The van der Waals surface area contributed by atoms with Gasteiger partial charge >= 0.3 is 6.18 Å². The Bertz CT molecular complexity index is 1240. The molecule has 1 fully saturated rings. The molecule has 13 heteroatoms. The normalized spacial score (nSPS) is 15.9. The topological polar surface area (TPSA) is 99.0 Å². The van der Waals surface area contributed by atoms with Crippen LogP contribution in [0.3, 0.4) is 0 Å². The van der Waals surface area contributed by atoms with E-state index >= 15 is 0 Å². The van der Waals surface area contributed by atoms with Gasteiger partial charge in [-0.3, -0.25) is 9.00 Å². The number of nitrogens with one attached hydrogen (secondary N) is 1. The van der Waals surface area contributed by atoms with Crippen molar-refractivity contribution in [2.24, 2.45) is 0 Å². The van der Waals surface area contributed by atoms with Crippen molar-refractivity contribution in [1.29, 1.82) is 5.26 Å². The Balaban J connectivity index is 1.98. The smallest absolute Gasteiger partial charge is 0.351 e. The van der Waals surface area contributed by atoms with E-state index in [1.165, 1.54) is 6.26 Å². The number of amides is 1. The van der Waals surface area contributed by atoms with Crippen LogP contribution in [0.25, 0.3) is 0 Å². The van der Waals surface area contributed by atoms with Crippen LogP contribution in [0, 0.1) is 11.3 Å². The molecular weight excluding hydrogens is 490 g/mol. The lowest BCUT2D eigenvalue weighted by molar-refractivity contribution is -0.123. The van der Waals surface area contributed by atoms with Crippen LogP contribution in [-0.4, -0.2) is 57.0 Å². The van der Waals surface area contributed by atoms with Gasteiger partial charge in [-0.15, -0.1) is 0 Å². The Morgan fingerprint density at radius 1 is 1.38 bits per heavy atom. The van der Waals surface area contributed by atoms with Gasteiger partial charge in [0.1, 0.15) is 24.0 Å². The number of aromatic nitrogens is 2. The number of nitrogens with zero attached hydrogens (tertiary/aromatic N) is 4. The monoisotopic (exact) mass is 505 g/mol. The molecule has 1 unspecified atom stereocenters. The first-order valence-electron chi connectivity index (χ1n) is 9.09. The van der Waals surface area contributed by atoms with Gasteiger partial charge in [0, 0.05) is 39.9 Å². The molecule has 2 heterocycles. The number of hydrogen-bond acceptors (Lipinski definition) is 6. The first-order valence-corrected chi connectivity index (χ1v) is 11.8. The van der Waals surface area contributed by atoms with Gasteiger partial charge in [0.2, 0.25) is 5.82 Å². The lowest BCUT2D eigenvalue weighted by Gasteiger charge is -2.20. The number of nitriles is 1. The van der Waals surface area contributed by atoms with Crippen molar-refractivity contribution in [3.05, 3.63) is 45.8 Å². The Labute approximate surface area is 192 Å². The van der Waals surface area contributed by atoms with Crippen molar-refractivity contribution in [1.82, 2.24) is 15.3 Å². The fraction of sp³-hybridized carbons (Fsp3) is 0.316. The Morgan fingerprint density at radius 3 is 2.75 bits per heavy atom. The fourth-order valence-corrected chi connectivity index (χ4v) is 5.96. The van der Waals surface area contributed by atoms with E-state index in [4.69, 9.17) is 28.5 Å². The molecular formula is C19H16Cl2F3N5O2S. The molecule has 1 amide bonds. The molecule has 1 saturated heterocycles.